The molecule has 0 aliphatic heterocycles. The van der Waals surface area contributed by atoms with Crippen LogP contribution in [0.15, 0.2) is 23.1 Å². The van der Waals surface area contributed by atoms with Gasteiger partial charge in [-0.3, -0.25) is 0 Å². The molecule has 0 bridgehead atoms. The minimum absolute atomic E-state index is 0.00750. The molecule has 0 aromatic heterocycles. The lowest BCUT2D eigenvalue weighted by atomic mass is 10.3. The van der Waals surface area contributed by atoms with Crippen molar-refractivity contribution in [2.45, 2.75) is 17.7 Å². The summed E-state index contributed by atoms with van der Waals surface area (Å²) in [5.74, 6) is -0.250. The summed E-state index contributed by atoms with van der Waals surface area (Å²) in [6.07, 6.45) is 1.90. The van der Waals surface area contributed by atoms with Crippen molar-refractivity contribution < 1.29 is 12.8 Å². The maximum atomic E-state index is 13.0. The Morgan fingerprint density at radius 2 is 2.00 bits per heavy atom. The standard InChI is InChI=1S/C10H12FNO2S/c11-8-3-9(12)5-10(4-8)15(13,14)6-7-1-2-7/h3-5,7H,1-2,6,12H2. The Hall–Kier alpha value is -1.10. The highest BCUT2D eigenvalue weighted by Crippen LogP contribution is 2.32. The van der Waals surface area contributed by atoms with Crippen molar-refractivity contribution in [2.75, 3.05) is 11.5 Å². The van der Waals surface area contributed by atoms with Crippen LogP contribution in [0.25, 0.3) is 0 Å². The molecule has 2 N–H and O–H groups in total. The highest BCUT2D eigenvalue weighted by Gasteiger charge is 2.29. The Morgan fingerprint density at radius 1 is 1.33 bits per heavy atom. The van der Waals surface area contributed by atoms with Gasteiger partial charge in [0.2, 0.25) is 0 Å². The summed E-state index contributed by atoms with van der Waals surface area (Å²) in [4.78, 5) is -0.00750. The summed E-state index contributed by atoms with van der Waals surface area (Å²) < 4.78 is 36.5. The van der Waals surface area contributed by atoms with Crippen LogP contribution in [0.5, 0.6) is 0 Å². The fourth-order valence-corrected chi connectivity index (χ4v) is 3.21. The van der Waals surface area contributed by atoms with Crippen molar-refractivity contribution in [1.82, 2.24) is 0 Å². The van der Waals surface area contributed by atoms with Gasteiger partial charge in [-0.2, -0.15) is 0 Å². The fraction of sp³-hybridized carbons (Fsp3) is 0.400. The number of anilines is 1. The van der Waals surface area contributed by atoms with Crippen LogP contribution in [0, 0.1) is 11.7 Å². The van der Waals surface area contributed by atoms with Crippen molar-refractivity contribution in [3.63, 3.8) is 0 Å². The molecule has 0 saturated heterocycles. The molecule has 15 heavy (non-hydrogen) atoms. The number of hydrogen-bond donors (Lipinski definition) is 1. The predicted molar refractivity (Wildman–Crippen MR) is 55.6 cm³/mol. The van der Waals surface area contributed by atoms with Crippen LogP contribution in [0.4, 0.5) is 10.1 Å². The first-order chi connectivity index (χ1) is 6.97. The normalized spacial score (nSPS) is 16.6. The Balaban J connectivity index is 2.34. The molecular formula is C10H12FNO2S. The van der Waals surface area contributed by atoms with Gasteiger partial charge in [0.1, 0.15) is 5.82 Å². The first-order valence-corrected chi connectivity index (χ1v) is 6.41. The Labute approximate surface area is 88.0 Å². The first-order valence-electron chi connectivity index (χ1n) is 4.76. The lowest BCUT2D eigenvalue weighted by Crippen LogP contribution is -2.09. The van der Waals surface area contributed by atoms with Gasteiger partial charge in [0.15, 0.2) is 9.84 Å². The third-order valence-electron chi connectivity index (χ3n) is 2.40. The van der Waals surface area contributed by atoms with Crippen LogP contribution < -0.4 is 5.73 Å². The van der Waals surface area contributed by atoms with Gasteiger partial charge >= 0.3 is 0 Å². The molecule has 1 aliphatic carbocycles. The summed E-state index contributed by atoms with van der Waals surface area (Å²) in [5.41, 5.74) is 5.54. The van der Waals surface area contributed by atoms with E-state index in [0.717, 1.165) is 25.0 Å². The SMILES string of the molecule is Nc1cc(F)cc(S(=O)(=O)CC2CC2)c1. The molecule has 0 heterocycles. The molecule has 0 unspecified atom stereocenters. The average molecular weight is 229 g/mol. The molecule has 82 valence electrons. The van der Waals surface area contributed by atoms with Gasteiger partial charge in [0.05, 0.1) is 10.6 Å². The topological polar surface area (TPSA) is 60.2 Å². The number of nitrogen functional groups attached to an aromatic ring is 1. The number of halogens is 1. The van der Waals surface area contributed by atoms with Gasteiger partial charge in [-0.15, -0.1) is 0 Å². The van der Waals surface area contributed by atoms with E-state index < -0.39 is 15.7 Å². The van der Waals surface area contributed by atoms with Crippen LogP contribution in [0.3, 0.4) is 0 Å². The molecule has 0 atom stereocenters. The second-order valence-corrected chi connectivity index (χ2v) is 5.98. The van der Waals surface area contributed by atoms with E-state index in [4.69, 9.17) is 5.73 Å². The molecule has 0 amide bonds. The number of nitrogens with two attached hydrogens (primary N) is 1. The number of benzene rings is 1. The van der Waals surface area contributed by atoms with Crippen LogP contribution in [-0.4, -0.2) is 14.2 Å². The van der Waals surface area contributed by atoms with Crippen molar-refractivity contribution >= 4 is 15.5 Å². The summed E-state index contributed by atoms with van der Waals surface area (Å²) in [6.45, 7) is 0. The van der Waals surface area contributed by atoms with Crippen molar-refractivity contribution in [2.24, 2.45) is 5.92 Å². The monoisotopic (exact) mass is 229 g/mol. The molecule has 1 aliphatic rings. The number of hydrogen-bond acceptors (Lipinski definition) is 3. The van der Waals surface area contributed by atoms with Crippen LogP contribution in [0.1, 0.15) is 12.8 Å². The Kier molecular flexibility index (Phi) is 2.42. The molecule has 1 aromatic carbocycles. The minimum atomic E-state index is -3.36. The van der Waals surface area contributed by atoms with Crippen LogP contribution in [0.2, 0.25) is 0 Å². The Morgan fingerprint density at radius 3 is 2.53 bits per heavy atom. The zero-order chi connectivity index (χ0) is 11.1. The lowest BCUT2D eigenvalue weighted by Gasteiger charge is -2.04. The third kappa shape index (κ3) is 2.47. The molecule has 0 spiro atoms. The molecule has 1 saturated carbocycles. The fourth-order valence-electron chi connectivity index (χ4n) is 1.45. The molecule has 1 fully saturated rings. The quantitative estimate of drug-likeness (QED) is 0.801. The van der Waals surface area contributed by atoms with E-state index in [1.54, 1.807) is 0 Å². The summed E-state index contributed by atoms with van der Waals surface area (Å²) in [6, 6.07) is 3.44. The van der Waals surface area contributed by atoms with Crippen LogP contribution in [-0.2, 0) is 9.84 Å². The second kappa shape index (κ2) is 3.48. The van der Waals surface area contributed by atoms with Gasteiger partial charge in [-0.25, -0.2) is 12.8 Å². The van der Waals surface area contributed by atoms with E-state index in [1.807, 2.05) is 0 Å². The summed E-state index contributed by atoms with van der Waals surface area (Å²) >= 11 is 0. The Bertz CT molecular complexity index is 460. The molecule has 2 rings (SSSR count). The van der Waals surface area contributed by atoms with E-state index in [2.05, 4.69) is 0 Å². The van der Waals surface area contributed by atoms with Crippen molar-refractivity contribution in [1.29, 1.82) is 0 Å². The summed E-state index contributed by atoms with van der Waals surface area (Å²) in [7, 11) is -3.36. The largest absolute Gasteiger partial charge is 0.399 e. The van der Waals surface area contributed by atoms with Gasteiger partial charge < -0.3 is 5.73 Å². The smallest absolute Gasteiger partial charge is 0.178 e. The van der Waals surface area contributed by atoms with E-state index >= 15 is 0 Å². The van der Waals surface area contributed by atoms with Crippen molar-refractivity contribution in [3.8, 4) is 0 Å². The molecular weight excluding hydrogens is 217 g/mol. The van der Waals surface area contributed by atoms with Crippen molar-refractivity contribution in [3.05, 3.63) is 24.0 Å². The number of sulfone groups is 1. The van der Waals surface area contributed by atoms with E-state index in [9.17, 15) is 12.8 Å². The van der Waals surface area contributed by atoms with Gasteiger partial charge in [0, 0.05) is 5.69 Å². The van der Waals surface area contributed by atoms with E-state index in [-0.39, 0.29) is 22.3 Å². The van der Waals surface area contributed by atoms with E-state index in [1.165, 1.54) is 6.07 Å². The van der Waals surface area contributed by atoms with Gasteiger partial charge in [-0.05, 0) is 37.0 Å². The maximum absolute atomic E-state index is 13.0. The second-order valence-electron chi connectivity index (χ2n) is 3.95. The third-order valence-corrected chi connectivity index (χ3v) is 4.27. The first kappa shape index (κ1) is 10.4. The minimum Gasteiger partial charge on any atom is -0.399 e. The number of rotatable bonds is 3. The zero-order valence-corrected chi connectivity index (χ0v) is 8.93. The molecule has 3 nitrogen and oxygen atoms in total. The predicted octanol–water partition coefficient (Wildman–Crippen LogP) is 1.59. The molecule has 0 radical (unpaired) electrons. The summed E-state index contributed by atoms with van der Waals surface area (Å²) in [5, 5.41) is 0. The van der Waals surface area contributed by atoms with Gasteiger partial charge in [0.25, 0.3) is 0 Å². The average Bonchev–Trinajstić information content (AvgIpc) is 2.85. The highest BCUT2D eigenvalue weighted by molar-refractivity contribution is 7.91. The van der Waals surface area contributed by atoms with E-state index in [0.29, 0.717) is 0 Å². The molecule has 5 heteroatoms. The van der Waals surface area contributed by atoms with Crippen LogP contribution >= 0.6 is 0 Å². The highest BCUT2D eigenvalue weighted by atomic mass is 32.2. The molecule has 1 aromatic rings. The van der Waals surface area contributed by atoms with Gasteiger partial charge in [-0.1, -0.05) is 0 Å². The zero-order valence-electron chi connectivity index (χ0n) is 8.11. The lowest BCUT2D eigenvalue weighted by molar-refractivity contribution is 0.587. The maximum Gasteiger partial charge on any atom is 0.178 e.